The summed E-state index contributed by atoms with van der Waals surface area (Å²) < 4.78 is 0. The van der Waals surface area contributed by atoms with Crippen LogP contribution in [0.1, 0.15) is 35.9 Å². The van der Waals surface area contributed by atoms with E-state index in [4.69, 9.17) is 5.73 Å². The lowest BCUT2D eigenvalue weighted by molar-refractivity contribution is 0.820. The fourth-order valence-corrected chi connectivity index (χ4v) is 3.47. The van der Waals surface area contributed by atoms with Crippen molar-refractivity contribution in [1.82, 2.24) is 9.97 Å². The molecule has 2 heterocycles. The van der Waals surface area contributed by atoms with Crippen LogP contribution in [0.2, 0.25) is 0 Å². The highest BCUT2D eigenvalue weighted by molar-refractivity contribution is 7.15. The Kier molecular flexibility index (Phi) is 3.40. The first-order chi connectivity index (χ1) is 9.65. The van der Waals surface area contributed by atoms with E-state index in [0.717, 1.165) is 12.1 Å². The lowest BCUT2D eigenvalue weighted by Crippen LogP contribution is -1.96. The van der Waals surface area contributed by atoms with Gasteiger partial charge in [-0.15, -0.1) is 11.3 Å². The number of anilines is 1. The van der Waals surface area contributed by atoms with Crippen LogP contribution in [0.4, 0.5) is 5.13 Å². The van der Waals surface area contributed by atoms with Crippen LogP contribution in [0, 0.1) is 0 Å². The van der Waals surface area contributed by atoms with E-state index in [1.54, 1.807) is 11.3 Å². The summed E-state index contributed by atoms with van der Waals surface area (Å²) in [5.41, 5.74) is 8.28. The Hall–Kier alpha value is -1.94. The van der Waals surface area contributed by atoms with Gasteiger partial charge in [-0.25, -0.2) is 4.98 Å². The number of pyridine rings is 1. The number of rotatable bonds is 3. The Morgan fingerprint density at radius 3 is 2.90 bits per heavy atom. The van der Waals surface area contributed by atoms with Crippen LogP contribution in [0.15, 0.2) is 36.7 Å². The topological polar surface area (TPSA) is 51.8 Å². The number of hydrogen-bond donors (Lipinski definition) is 1. The fourth-order valence-electron chi connectivity index (χ4n) is 2.46. The molecule has 20 heavy (non-hydrogen) atoms. The van der Waals surface area contributed by atoms with E-state index in [2.05, 4.69) is 42.0 Å². The van der Waals surface area contributed by atoms with Crippen LogP contribution < -0.4 is 5.73 Å². The van der Waals surface area contributed by atoms with Gasteiger partial charge >= 0.3 is 0 Å². The van der Waals surface area contributed by atoms with E-state index in [1.165, 1.54) is 21.2 Å². The Morgan fingerprint density at radius 1 is 1.25 bits per heavy atom. The van der Waals surface area contributed by atoms with Crippen LogP contribution in [0.25, 0.3) is 10.8 Å². The van der Waals surface area contributed by atoms with Gasteiger partial charge in [0.25, 0.3) is 0 Å². The molecule has 0 aliphatic rings. The number of benzene rings is 1. The molecule has 0 saturated carbocycles. The highest BCUT2D eigenvalue weighted by atomic mass is 32.1. The zero-order valence-electron chi connectivity index (χ0n) is 11.6. The molecule has 4 heteroatoms. The largest absolute Gasteiger partial charge is 0.375 e. The molecule has 0 aliphatic carbocycles. The highest BCUT2D eigenvalue weighted by Crippen LogP contribution is 2.30. The number of thiazole rings is 1. The number of nitrogen functional groups attached to an aromatic ring is 1. The summed E-state index contributed by atoms with van der Waals surface area (Å²) in [6, 6.07) is 8.41. The molecule has 3 nitrogen and oxygen atoms in total. The van der Waals surface area contributed by atoms with Crippen molar-refractivity contribution in [2.24, 2.45) is 0 Å². The standard InChI is InChI=1S/C16H17N3S/c1-10(2)15-14(20-16(17)19-15)8-12-5-3-4-11-6-7-18-9-13(11)12/h3-7,9-10H,8H2,1-2H3,(H2,17,19). The van der Waals surface area contributed by atoms with Crippen LogP contribution in [0.5, 0.6) is 0 Å². The molecule has 2 N–H and O–H groups in total. The molecule has 0 aliphatic heterocycles. The summed E-state index contributed by atoms with van der Waals surface area (Å²) in [7, 11) is 0. The minimum absolute atomic E-state index is 0.395. The first-order valence-corrected chi connectivity index (χ1v) is 7.53. The zero-order valence-corrected chi connectivity index (χ0v) is 12.4. The van der Waals surface area contributed by atoms with Gasteiger partial charge in [0.2, 0.25) is 0 Å². The molecule has 0 amide bonds. The molecule has 102 valence electrons. The maximum atomic E-state index is 5.88. The van der Waals surface area contributed by atoms with E-state index in [9.17, 15) is 0 Å². The molecule has 0 radical (unpaired) electrons. The molecule has 3 aromatic rings. The second kappa shape index (κ2) is 5.21. The van der Waals surface area contributed by atoms with Crippen LogP contribution in [0.3, 0.4) is 0 Å². The van der Waals surface area contributed by atoms with Crippen molar-refractivity contribution in [3.8, 4) is 0 Å². The van der Waals surface area contributed by atoms with Crippen molar-refractivity contribution in [3.63, 3.8) is 0 Å². The molecule has 0 saturated heterocycles. The van der Waals surface area contributed by atoms with Crippen molar-refractivity contribution in [2.75, 3.05) is 5.73 Å². The number of nitrogens with zero attached hydrogens (tertiary/aromatic N) is 2. The molecule has 0 unspecified atom stereocenters. The van der Waals surface area contributed by atoms with E-state index in [0.29, 0.717) is 11.0 Å². The Balaban J connectivity index is 2.06. The highest BCUT2D eigenvalue weighted by Gasteiger charge is 2.14. The second-order valence-electron chi connectivity index (χ2n) is 5.21. The predicted molar refractivity (Wildman–Crippen MR) is 85.2 cm³/mol. The summed E-state index contributed by atoms with van der Waals surface area (Å²) >= 11 is 1.59. The average molecular weight is 283 g/mol. The third-order valence-electron chi connectivity index (χ3n) is 3.42. The second-order valence-corrected chi connectivity index (χ2v) is 6.32. The SMILES string of the molecule is CC(C)c1nc(N)sc1Cc1cccc2ccncc12. The Labute approximate surface area is 122 Å². The molecule has 1 aromatic carbocycles. The van der Waals surface area contributed by atoms with Gasteiger partial charge in [0.15, 0.2) is 5.13 Å². The monoisotopic (exact) mass is 283 g/mol. The van der Waals surface area contributed by atoms with E-state index >= 15 is 0 Å². The lowest BCUT2D eigenvalue weighted by Gasteiger charge is -2.08. The number of hydrogen-bond acceptors (Lipinski definition) is 4. The van der Waals surface area contributed by atoms with Crippen LogP contribution >= 0.6 is 11.3 Å². The summed E-state index contributed by atoms with van der Waals surface area (Å²) in [6.07, 6.45) is 4.63. The van der Waals surface area contributed by atoms with Gasteiger partial charge in [-0.3, -0.25) is 4.98 Å². The molecular weight excluding hydrogens is 266 g/mol. The van der Waals surface area contributed by atoms with Gasteiger partial charge < -0.3 is 5.73 Å². The van der Waals surface area contributed by atoms with Crippen LogP contribution in [-0.2, 0) is 6.42 Å². The van der Waals surface area contributed by atoms with E-state index in [-0.39, 0.29) is 0 Å². The smallest absolute Gasteiger partial charge is 0.180 e. The Bertz CT molecular complexity index is 741. The van der Waals surface area contributed by atoms with Crippen molar-refractivity contribution >= 4 is 27.2 Å². The number of fused-ring (bicyclic) bond motifs is 1. The number of nitrogens with two attached hydrogens (primary N) is 1. The molecular formula is C16H17N3S. The van der Waals surface area contributed by atoms with Gasteiger partial charge in [0.05, 0.1) is 5.69 Å². The van der Waals surface area contributed by atoms with Crippen molar-refractivity contribution in [1.29, 1.82) is 0 Å². The average Bonchev–Trinajstić information content (AvgIpc) is 2.80. The summed E-state index contributed by atoms with van der Waals surface area (Å²) in [4.78, 5) is 9.97. The molecule has 0 fully saturated rings. The van der Waals surface area contributed by atoms with Crippen molar-refractivity contribution in [2.45, 2.75) is 26.2 Å². The minimum atomic E-state index is 0.395. The van der Waals surface area contributed by atoms with Crippen molar-refractivity contribution < 1.29 is 0 Å². The molecule has 0 atom stereocenters. The summed E-state index contributed by atoms with van der Waals surface area (Å²) in [6.45, 7) is 4.31. The van der Waals surface area contributed by atoms with Gasteiger partial charge in [-0.2, -0.15) is 0 Å². The molecule has 0 spiro atoms. The van der Waals surface area contributed by atoms with Gasteiger partial charge in [-0.1, -0.05) is 32.0 Å². The fraction of sp³-hybridized carbons (Fsp3) is 0.250. The lowest BCUT2D eigenvalue weighted by atomic mass is 10.0. The third-order valence-corrected chi connectivity index (χ3v) is 4.32. The van der Waals surface area contributed by atoms with E-state index in [1.807, 2.05) is 18.5 Å². The first-order valence-electron chi connectivity index (χ1n) is 6.72. The predicted octanol–water partition coefficient (Wildman–Crippen LogP) is 3.99. The summed E-state index contributed by atoms with van der Waals surface area (Å²) in [5.74, 6) is 0.395. The zero-order chi connectivity index (χ0) is 14.1. The quantitative estimate of drug-likeness (QED) is 0.790. The van der Waals surface area contributed by atoms with Gasteiger partial charge in [0.1, 0.15) is 0 Å². The maximum absolute atomic E-state index is 5.88. The molecule has 3 rings (SSSR count). The Morgan fingerprint density at radius 2 is 2.10 bits per heavy atom. The number of aromatic nitrogens is 2. The van der Waals surface area contributed by atoms with Crippen LogP contribution in [-0.4, -0.2) is 9.97 Å². The normalized spacial score (nSPS) is 11.3. The third kappa shape index (κ3) is 2.39. The first kappa shape index (κ1) is 13.1. The molecule has 2 aromatic heterocycles. The van der Waals surface area contributed by atoms with Crippen molar-refractivity contribution in [3.05, 3.63) is 52.8 Å². The maximum Gasteiger partial charge on any atom is 0.180 e. The summed E-state index contributed by atoms with van der Waals surface area (Å²) in [5, 5.41) is 3.08. The van der Waals surface area contributed by atoms with Gasteiger partial charge in [0, 0.05) is 29.1 Å². The van der Waals surface area contributed by atoms with E-state index < -0.39 is 0 Å². The van der Waals surface area contributed by atoms with Gasteiger partial charge in [-0.05, 0) is 22.9 Å². The minimum Gasteiger partial charge on any atom is -0.375 e. The molecule has 0 bridgehead atoms.